The van der Waals surface area contributed by atoms with Crippen LogP contribution >= 0.6 is 0 Å². The highest BCUT2D eigenvalue weighted by atomic mass is 16.5. The van der Waals surface area contributed by atoms with Crippen molar-refractivity contribution in [3.63, 3.8) is 0 Å². The van der Waals surface area contributed by atoms with Gasteiger partial charge >= 0.3 is 0 Å². The number of ether oxygens (including phenoxy) is 5. The summed E-state index contributed by atoms with van der Waals surface area (Å²) in [5.74, 6) is 2.61. The van der Waals surface area contributed by atoms with E-state index in [0.29, 0.717) is 60.2 Å². The van der Waals surface area contributed by atoms with Gasteiger partial charge in [0.05, 0.1) is 34.9 Å². The molecule has 2 aliphatic heterocycles. The number of Topliss-reactive ketones (excluding diaryl/α,β-unsaturated/α-hetero) is 1. The van der Waals surface area contributed by atoms with Gasteiger partial charge in [0.1, 0.15) is 28.4 Å². The second kappa shape index (κ2) is 9.67. The fraction of sp³-hybridized carbons (Fsp3) is 0.385. The third-order valence-electron chi connectivity index (χ3n) is 6.40. The monoisotopic (exact) mass is 467 g/mol. The maximum atomic E-state index is 13.0. The Labute approximate surface area is 199 Å². The Morgan fingerprint density at radius 2 is 1.65 bits per heavy atom. The largest absolute Gasteiger partial charge is 0.496 e. The van der Waals surface area contributed by atoms with Crippen molar-refractivity contribution in [2.75, 3.05) is 41.5 Å². The van der Waals surface area contributed by atoms with Crippen molar-refractivity contribution in [1.82, 2.24) is 4.90 Å². The van der Waals surface area contributed by atoms with Crippen molar-refractivity contribution in [2.24, 2.45) is 0 Å². The summed E-state index contributed by atoms with van der Waals surface area (Å²) in [5, 5.41) is 0. The van der Waals surface area contributed by atoms with E-state index in [0.717, 1.165) is 5.56 Å². The van der Waals surface area contributed by atoms with E-state index in [-0.39, 0.29) is 18.1 Å². The first-order valence-corrected chi connectivity index (χ1v) is 11.1. The number of carbonyl (C=O) groups excluding carboxylic acids is 2. The summed E-state index contributed by atoms with van der Waals surface area (Å²) in [5.41, 5.74) is 0.649. The zero-order valence-electron chi connectivity index (χ0n) is 19.9. The van der Waals surface area contributed by atoms with Crippen LogP contribution in [0, 0.1) is 0 Å². The lowest BCUT2D eigenvalue weighted by Crippen LogP contribution is -2.52. The summed E-state index contributed by atoms with van der Waals surface area (Å²) in [7, 11) is 6.23. The van der Waals surface area contributed by atoms with Gasteiger partial charge in [-0.25, -0.2) is 0 Å². The van der Waals surface area contributed by atoms with Crippen molar-refractivity contribution in [3.8, 4) is 28.7 Å². The Morgan fingerprint density at radius 3 is 2.29 bits per heavy atom. The van der Waals surface area contributed by atoms with Crippen LogP contribution in [0.15, 0.2) is 36.4 Å². The van der Waals surface area contributed by atoms with E-state index in [4.69, 9.17) is 23.7 Å². The van der Waals surface area contributed by atoms with E-state index < -0.39 is 5.60 Å². The van der Waals surface area contributed by atoms with E-state index in [9.17, 15) is 9.59 Å². The van der Waals surface area contributed by atoms with Crippen LogP contribution in [0.25, 0.3) is 6.08 Å². The normalized spacial score (nSPS) is 16.7. The number of likely N-dealkylation sites (tertiary alicyclic amines) is 1. The van der Waals surface area contributed by atoms with Crippen LogP contribution in [0.1, 0.15) is 35.2 Å². The smallest absolute Gasteiger partial charge is 0.246 e. The second-order valence-corrected chi connectivity index (χ2v) is 8.36. The number of benzene rings is 2. The summed E-state index contributed by atoms with van der Waals surface area (Å²) in [6, 6.07) is 8.88. The molecule has 2 heterocycles. The van der Waals surface area contributed by atoms with Gasteiger partial charge in [0.15, 0.2) is 17.3 Å². The van der Waals surface area contributed by atoms with E-state index >= 15 is 0 Å². The SMILES string of the molecule is COc1cc(OC)c2c(c1)OC1(CCN(C(=O)/C=C/c3ccc(OC)c(OC)c3)CC1)CC2=O. The van der Waals surface area contributed by atoms with Crippen molar-refractivity contribution in [3.05, 3.63) is 47.5 Å². The zero-order chi connectivity index (χ0) is 24.3. The lowest BCUT2D eigenvalue weighted by atomic mass is 9.82. The number of ketones is 1. The molecule has 34 heavy (non-hydrogen) atoms. The summed E-state index contributed by atoms with van der Waals surface area (Å²) in [6.45, 7) is 0.998. The number of hydrogen-bond donors (Lipinski definition) is 0. The van der Waals surface area contributed by atoms with Crippen LogP contribution in [0.3, 0.4) is 0 Å². The number of methoxy groups -OCH3 is 4. The quantitative estimate of drug-likeness (QED) is 0.598. The maximum Gasteiger partial charge on any atom is 0.246 e. The third kappa shape index (κ3) is 4.53. The van der Waals surface area contributed by atoms with Crippen LogP contribution in [0.5, 0.6) is 28.7 Å². The molecule has 0 N–H and O–H groups in total. The first kappa shape index (κ1) is 23.5. The van der Waals surface area contributed by atoms with E-state index in [2.05, 4.69) is 0 Å². The molecule has 8 nitrogen and oxygen atoms in total. The third-order valence-corrected chi connectivity index (χ3v) is 6.40. The molecule has 0 unspecified atom stereocenters. The molecular weight excluding hydrogens is 438 g/mol. The number of fused-ring (bicyclic) bond motifs is 1. The molecule has 0 aliphatic carbocycles. The van der Waals surface area contributed by atoms with Crippen LogP contribution in [0.4, 0.5) is 0 Å². The Hall–Kier alpha value is -3.68. The van der Waals surface area contributed by atoms with E-state index in [1.165, 1.54) is 7.11 Å². The topological polar surface area (TPSA) is 83.5 Å². The van der Waals surface area contributed by atoms with Gasteiger partial charge < -0.3 is 28.6 Å². The number of carbonyl (C=O) groups is 2. The van der Waals surface area contributed by atoms with Crippen molar-refractivity contribution in [1.29, 1.82) is 0 Å². The molecule has 180 valence electrons. The van der Waals surface area contributed by atoms with Crippen LogP contribution in [0.2, 0.25) is 0 Å². The Kier molecular flexibility index (Phi) is 6.68. The first-order chi connectivity index (χ1) is 16.4. The number of piperidine rings is 1. The molecule has 2 aromatic rings. The van der Waals surface area contributed by atoms with Crippen molar-refractivity contribution < 1.29 is 33.3 Å². The minimum atomic E-state index is -0.634. The summed E-state index contributed by atoms with van der Waals surface area (Å²) >= 11 is 0. The molecule has 0 saturated carbocycles. The lowest BCUT2D eigenvalue weighted by Gasteiger charge is -2.44. The molecule has 1 amide bonds. The summed E-state index contributed by atoms with van der Waals surface area (Å²) in [4.78, 5) is 27.6. The Bertz CT molecular complexity index is 1120. The van der Waals surface area contributed by atoms with Crippen molar-refractivity contribution >= 4 is 17.8 Å². The van der Waals surface area contributed by atoms with Crippen molar-refractivity contribution in [2.45, 2.75) is 24.9 Å². The molecule has 0 aromatic heterocycles. The highest BCUT2D eigenvalue weighted by Gasteiger charge is 2.44. The molecule has 0 radical (unpaired) electrons. The van der Waals surface area contributed by atoms with Gasteiger partial charge in [0.2, 0.25) is 5.91 Å². The predicted octanol–water partition coefficient (Wildman–Crippen LogP) is 3.76. The standard InChI is InChI=1S/C26H29NO7/c1-30-18-14-22(33-4)25-19(28)16-26(34-23(25)15-18)9-11-27(12-10-26)24(29)8-6-17-5-7-20(31-2)21(13-17)32-3/h5-8,13-15H,9-12,16H2,1-4H3/b8-6+. The minimum Gasteiger partial charge on any atom is -0.496 e. The maximum absolute atomic E-state index is 13.0. The Balaban J connectivity index is 1.44. The lowest BCUT2D eigenvalue weighted by molar-refractivity contribution is -0.129. The molecule has 2 aromatic carbocycles. The van der Waals surface area contributed by atoms with Crippen LogP contribution in [-0.2, 0) is 4.79 Å². The molecule has 0 bridgehead atoms. The van der Waals surface area contributed by atoms with Crippen LogP contribution < -0.4 is 23.7 Å². The number of hydrogen-bond acceptors (Lipinski definition) is 7. The fourth-order valence-corrected chi connectivity index (χ4v) is 4.49. The highest BCUT2D eigenvalue weighted by molar-refractivity contribution is 6.03. The highest BCUT2D eigenvalue weighted by Crippen LogP contribution is 2.44. The number of amides is 1. The first-order valence-electron chi connectivity index (χ1n) is 11.1. The molecule has 8 heteroatoms. The molecule has 1 spiro atoms. The van der Waals surface area contributed by atoms with Gasteiger partial charge in [0, 0.05) is 44.1 Å². The zero-order valence-corrected chi connectivity index (χ0v) is 19.9. The average molecular weight is 468 g/mol. The predicted molar refractivity (Wildman–Crippen MR) is 126 cm³/mol. The van der Waals surface area contributed by atoms with Gasteiger partial charge in [-0.1, -0.05) is 6.07 Å². The van der Waals surface area contributed by atoms with Gasteiger partial charge in [0.25, 0.3) is 0 Å². The van der Waals surface area contributed by atoms with Gasteiger partial charge in [-0.05, 0) is 23.8 Å². The van der Waals surface area contributed by atoms with E-state index in [1.807, 2.05) is 12.1 Å². The van der Waals surface area contributed by atoms with Gasteiger partial charge in [-0.2, -0.15) is 0 Å². The molecule has 0 atom stereocenters. The summed E-state index contributed by atoms with van der Waals surface area (Å²) < 4.78 is 27.6. The molecular formula is C26H29NO7. The van der Waals surface area contributed by atoms with Crippen LogP contribution in [-0.4, -0.2) is 63.7 Å². The fourth-order valence-electron chi connectivity index (χ4n) is 4.49. The van der Waals surface area contributed by atoms with Gasteiger partial charge in [-0.15, -0.1) is 0 Å². The van der Waals surface area contributed by atoms with E-state index in [1.54, 1.807) is 56.6 Å². The molecule has 1 fully saturated rings. The Morgan fingerprint density at radius 1 is 0.941 bits per heavy atom. The molecule has 2 aliphatic rings. The molecule has 4 rings (SSSR count). The second-order valence-electron chi connectivity index (χ2n) is 8.36. The molecule has 1 saturated heterocycles. The average Bonchev–Trinajstić information content (AvgIpc) is 2.86. The number of nitrogens with zero attached hydrogens (tertiary/aromatic N) is 1. The van der Waals surface area contributed by atoms with Gasteiger partial charge in [-0.3, -0.25) is 9.59 Å². The summed E-state index contributed by atoms with van der Waals surface area (Å²) in [6.07, 6.45) is 4.69. The minimum absolute atomic E-state index is 0.0196. The number of rotatable bonds is 6.